The summed E-state index contributed by atoms with van der Waals surface area (Å²) in [6.45, 7) is 3.51. The van der Waals surface area contributed by atoms with E-state index in [1.54, 1.807) is 36.4 Å². The quantitative estimate of drug-likeness (QED) is 0.314. The third-order valence-corrected chi connectivity index (χ3v) is 9.42. The van der Waals surface area contributed by atoms with Gasteiger partial charge in [0.05, 0.1) is 10.6 Å². The first-order chi connectivity index (χ1) is 19.2. The van der Waals surface area contributed by atoms with Gasteiger partial charge in [-0.3, -0.25) is 13.9 Å². The number of anilines is 1. The molecular formula is C31H36ClN3O4S. The molecule has 0 aromatic heterocycles. The van der Waals surface area contributed by atoms with Crippen molar-refractivity contribution in [2.75, 3.05) is 10.8 Å². The molecule has 1 aliphatic rings. The Hall–Kier alpha value is -3.36. The van der Waals surface area contributed by atoms with Crippen LogP contribution in [-0.4, -0.2) is 43.8 Å². The lowest BCUT2D eigenvalue weighted by molar-refractivity contribution is -0.140. The largest absolute Gasteiger partial charge is 0.352 e. The van der Waals surface area contributed by atoms with E-state index in [9.17, 15) is 18.0 Å². The van der Waals surface area contributed by atoms with Crippen molar-refractivity contribution in [3.63, 3.8) is 0 Å². The Bertz CT molecular complexity index is 1430. The SMILES string of the molecule is CC[C@H](C(=O)NC1CCCC1)N(Cc1ccccc1C)C(=O)CN(c1cccc(Cl)c1)S(=O)(=O)c1ccccc1. The predicted octanol–water partition coefficient (Wildman–Crippen LogP) is 5.71. The highest BCUT2D eigenvalue weighted by atomic mass is 35.5. The van der Waals surface area contributed by atoms with Crippen LogP contribution in [0, 0.1) is 6.92 Å². The highest BCUT2D eigenvalue weighted by Gasteiger charge is 2.34. The summed E-state index contributed by atoms with van der Waals surface area (Å²) in [6, 6.07) is 21.4. The number of hydrogen-bond acceptors (Lipinski definition) is 4. The minimum absolute atomic E-state index is 0.0549. The molecule has 0 saturated heterocycles. The van der Waals surface area contributed by atoms with E-state index in [1.807, 2.05) is 38.1 Å². The van der Waals surface area contributed by atoms with Crippen molar-refractivity contribution in [2.45, 2.75) is 69.5 Å². The molecule has 7 nitrogen and oxygen atoms in total. The molecule has 1 aliphatic carbocycles. The molecule has 1 fully saturated rings. The van der Waals surface area contributed by atoms with E-state index in [1.165, 1.54) is 23.1 Å². The minimum Gasteiger partial charge on any atom is -0.352 e. The van der Waals surface area contributed by atoms with Gasteiger partial charge in [0.25, 0.3) is 10.0 Å². The lowest BCUT2D eigenvalue weighted by atomic mass is 10.1. The third-order valence-electron chi connectivity index (χ3n) is 7.40. The zero-order valence-electron chi connectivity index (χ0n) is 22.9. The van der Waals surface area contributed by atoms with Crippen LogP contribution in [0.15, 0.2) is 83.8 Å². The number of amides is 2. The van der Waals surface area contributed by atoms with Crippen molar-refractivity contribution in [3.8, 4) is 0 Å². The summed E-state index contributed by atoms with van der Waals surface area (Å²) in [5.74, 6) is -0.687. The predicted molar refractivity (Wildman–Crippen MR) is 159 cm³/mol. The van der Waals surface area contributed by atoms with Gasteiger partial charge in [-0.25, -0.2) is 8.42 Å². The Morgan fingerprint density at radius 1 is 0.975 bits per heavy atom. The second kappa shape index (κ2) is 13.3. The van der Waals surface area contributed by atoms with Gasteiger partial charge in [0.1, 0.15) is 12.6 Å². The summed E-state index contributed by atoms with van der Waals surface area (Å²) in [4.78, 5) is 29.2. The van der Waals surface area contributed by atoms with E-state index >= 15 is 0 Å². The average Bonchev–Trinajstić information content (AvgIpc) is 3.46. The van der Waals surface area contributed by atoms with Crippen LogP contribution in [0.25, 0.3) is 0 Å². The van der Waals surface area contributed by atoms with Crippen LogP contribution in [0.3, 0.4) is 0 Å². The van der Waals surface area contributed by atoms with Gasteiger partial charge < -0.3 is 10.2 Å². The highest BCUT2D eigenvalue weighted by molar-refractivity contribution is 7.92. The van der Waals surface area contributed by atoms with Gasteiger partial charge in [-0.2, -0.15) is 0 Å². The van der Waals surface area contributed by atoms with Crippen LogP contribution in [0.2, 0.25) is 5.02 Å². The second-order valence-electron chi connectivity index (χ2n) is 10.2. The van der Waals surface area contributed by atoms with E-state index in [-0.39, 0.29) is 29.1 Å². The lowest BCUT2D eigenvalue weighted by Gasteiger charge is -2.34. The van der Waals surface area contributed by atoms with Crippen LogP contribution >= 0.6 is 11.6 Å². The minimum atomic E-state index is -4.13. The van der Waals surface area contributed by atoms with Crippen LogP contribution in [0.1, 0.15) is 50.2 Å². The van der Waals surface area contributed by atoms with Crippen LogP contribution < -0.4 is 9.62 Å². The first-order valence-electron chi connectivity index (χ1n) is 13.7. The van der Waals surface area contributed by atoms with Crippen molar-refractivity contribution in [2.24, 2.45) is 0 Å². The Morgan fingerprint density at radius 3 is 2.30 bits per heavy atom. The zero-order chi connectivity index (χ0) is 28.7. The summed E-state index contributed by atoms with van der Waals surface area (Å²) in [5, 5.41) is 3.48. The number of hydrogen-bond donors (Lipinski definition) is 1. The molecule has 0 aliphatic heterocycles. The topological polar surface area (TPSA) is 86.8 Å². The number of halogens is 1. The summed E-state index contributed by atoms with van der Waals surface area (Å²) < 4.78 is 28.8. The van der Waals surface area contributed by atoms with Crippen LogP contribution in [-0.2, 0) is 26.2 Å². The molecule has 40 heavy (non-hydrogen) atoms. The molecule has 2 amide bonds. The molecule has 0 radical (unpaired) electrons. The summed E-state index contributed by atoms with van der Waals surface area (Å²) in [5.41, 5.74) is 2.14. The fourth-order valence-corrected chi connectivity index (χ4v) is 6.75. The number of rotatable bonds is 11. The van der Waals surface area contributed by atoms with E-state index in [4.69, 9.17) is 11.6 Å². The number of sulfonamides is 1. The Labute approximate surface area is 242 Å². The number of aryl methyl sites for hydroxylation is 1. The standard InChI is InChI=1S/C31H36ClN3O4S/c1-3-29(31(37)33-26-15-9-10-16-26)34(21-24-13-8-7-12-23(24)2)30(36)22-35(27-17-11-14-25(32)20-27)40(38,39)28-18-5-4-6-19-28/h4-8,11-14,17-20,26,29H,3,9-10,15-16,21-22H2,1-2H3,(H,33,37)/t29-/m1/s1. The Morgan fingerprint density at radius 2 is 1.65 bits per heavy atom. The lowest BCUT2D eigenvalue weighted by Crippen LogP contribution is -2.53. The Kier molecular flexibility index (Phi) is 9.87. The zero-order valence-corrected chi connectivity index (χ0v) is 24.5. The smallest absolute Gasteiger partial charge is 0.264 e. The number of carbonyl (C=O) groups excluding carboxylic acids is 2. The molecule has 0 bridgehead atoms. The number of benzene rings is 3. The fourth-order valence-electron chi connectivity index (χ4n) is 5.14. The molecule has 4 rings (SSSR count). The van der Waals surface area contributed by atoms with Gasteiger partial charge in [-0.1, -0.05) is 79.9 Å². The van der Waals surface area contributed by atoms with Gasteiger partial charge in [0.15, 0.2) is 0 Å². The monoisotopic (exact) mass is 581 g/mol. The summed E-state index contributed by atoms with van der Waals surface area (Å²) in [6.07, 6.45) is 4.37. The van der Waals surface area contributed by atoms with Gasteiger partial charge in [0.2, 0.25) is 11.8 Å². The van der Waals surface area contributed by atoms with Crippen LogP contribution in [0.4, 0.5) is 5.69 Å². The molecule has 0 spiro atoms. The van der Waals surface area contributed by atoms with Crippen molar-refractivity contribution in [1.82, 2.24) is 10.2 Å². The van der Waals surface area contributed by atoms with Crippen LogP contribution in [0.5, 0.6) is 0 Å². The van der Waals surface area contributed by atoms with Crippen molar-refractivity contribution < 1.29 is 18.0 Å². The van der Waals surface area contributed by atoms with Crippen molar-refractivity contribution in [1.29, 1.82) is 0 Å². The second-order valence-corrected chi connectivity index (χ2v) is 12.5. The molecule has 3 aromatic rings. The molecule has 1 saturated carbocycles. The number of carbonyl (C=O) groups is 2. The van der Waals surface area contributed by atoms with Crippen molar-refractivity contribution in [3.05, 3.63) is 95.0 Å². The van der Waals surface area contributed by atoms with Gasteiger partial charge in [-0.05, 0) is 67.6 Å². The molecule has 1 atom stereocenters. The maximum absolute atomic E-state index is 14.2. The Balaban J connectivity index is 1.71. The maximum Gasteiger partial charge on any atom is 0.264 e. The highest BCUT2D eigenvalue weighted by Crippen LogP contribution is 2.27. The molecule has 3 aromatic carbocycles. The van der Waals surface area contributed by atoms with E-state index in [0.29, 0.717) is 11.4 Å². The van der Waals surface area contributed by atoms with E-state index < -0.39 is 28.5 Å². The average molecular weight is 582 g/mol. The number of nitrogens with one attached hydrogen (secondary N) is 1. The molecule has 212 valence electrons. The van der Waals surface area contributed by atoms with Gasteiger partial charge >= 0.3 is 0 Å². The van der Waals surface area contributed by atoms with Gasteiger partial charge in [-0.15, -0.1) is 0 Å². The fraction of sp³-hybridized carbons (Fsp3) is 0.355. The molecule has 0 unspecified atom stereocenters. The molecular weight excluding hydrogens is 546 g/mol. The molecule has 9 heteroatoms. The van der Waals surface area contributed by atoms with Gasteiger partial charge in [0, 0.05) is 17.6 Å². The third kappa shape index (κ3) is 7.04. The normalized spacial score (nSPS) is 14.5. The van der Waals surface area contributed by atoms with Crippen molar-refractivity contribution >= 4 is 39.1 Å². The first-order valence-corrected chi connectivity index (χ1v) is 15.5. The number of nitrogens with zero attached hydrogens (tertiary/aromatic N) is 2. The summed E-state index contributed by atoms with van der Waals surface area (Å²) >= 11 is 6.23. The molecule has 0 heterocycles. The van der Waals surface area contributed by atoms with E-state index in [2.05, 4.69) is 5.32 Å². The molecule has 1 N–H and O–H groups in total. The maximum atomic E-state index is 14.2. The van der Waals surface area contributed by atoms with E-state index in [0.717, 1.165) is 41.1 Å². The first kappa shape index (κ1) is 29.6. The summed E-state index contributed by atoms with van der Waals surface area (Å²) in [7, 11) is -4.13.